The summed E-state index contributed by atoms with van der Waals surface area (Å²) < 4.78 is 7.85. The van der Waals surface area contributed by atoms with Gasteiger partial charge in [0.15, 0.2) is 5.84 Å². The Labute approximate surface area is 189 Å². The Hall–Kier alpha value is -3.22. The summed E-state index contributed by atoms with van der Waals surface area (Å²) in [4.78, 5) is 11.1. The Balaban J connectivity index is 1.37. The quantitative estimate of drug-likeness (QED) is 0.457. The predicted octanol–water partition coefficient (Wildman–Crippen LogP) is 3.91. The predicted molar refractivity (Wildman–Crippen MR) is 129 cm³/mol. The number of benzene rings is 2. The number of aryl methyl sites for hydroxylation is 2. The van der Waals surface area contributed by atoms with Crippen molar-refractivity contribution in [3.8, 4) is 5.75 Å². The van der Waals surface area contributed by atoms with Crippen molar-refractivity contribution < 1.29 is 9.84 Å². The highest BCUT2D eigenvalue weighted by molar-refractivity contribution is 6.03. The Morgan fingerprint density at radius 3 is 2.72 bits per heavy atom. The summed E-state index contributed by atoms with van der Waals surface area (Å²) >= 11 is 0. The van der Waals surface area contributed by atoms with Crippen LogP contribution in [-0.4, -0.2) is 52.9 Å². The lowest BCUT2D eigenvalue weighted by molar-refractivity contribution is 0.0638. The van der Waals surface area contributed by atoms with Gasteiger partial charge in [-0.3, -0.25) is 4.90 Å². The van der Waals surface area contributed by atoms with Gasteiger partial charge in [0.25, 0.3) is 0 Å². The van der Waals surface area contributed by atoms with Crippen molar-refractivity contribution in [2.75, 3.05) is 19.7 Å². The second-order valence-corrected chi connectivity index (χ2v) is 8.27. The molecule has 1 atom stereocenters. The van der Waals surface area contributed by atoms with Gasteiger partial charge >= 0.3 is 0 Å². The van der Waals surface area contributed by atoms with Crippen molar-refractivity contribution in [2.24, 2.45) is 17.0 Å². The highest BCUT2D eigenvalue weighted by Gasteiger charge is 2.19. The van der Waals surface area contributed by atoms with Crippen molar-refractivity contribution in [2.45, 2.75) is 26.0 Å². The lowest BCUT2D eigenvalue weighted by Crippen LogP contribution is -2.38. The van der Waals surface area contributed by atoms with Gasteiger partial charge in [-0.1, -0.05) is 36.4 Å². The van der Waals surface area contributed by atoms with E-state index >= 15 is 0 Å². The third kappa shape index (κ3) is 5.15. The lowest BCUT2D eigenvalue weighted by Gasteiger charge is -2.30. The summed E-state index contributed by atoms with van der Waals surface area (Å²) in [6, 6.07) is 18.1. The minimum absolute atomic E-state index is 0.229. The molecule has 32 heavy (non-hydrogen) atoms. The second kappa shape index (κ2) is 9.94. The number of aliphatic hydroxyl groups excluding tert-OH is 1. The zero-order valence-corrected chi connectivity index (χ0v) is 18.7. The molecule has 1 unspecified atom stereocenters. The number of rotatable bonds is 7. The average Bonchev–Trinajstić information content (AvgIpc) is 3.13. The zero-order chi connectivity index (χ0) is 22.5. The molecule has 0 spiro atoms. The van der Waals surface area contributed by atoms with Crippen molar-refractivity contribution in [1.29, 1.82) is 0 Å². The molecular weight excluding hydrogens is 400 g/mol. The van der Waals surface area contributed by atoms with Gasteiger partial charge in [-0.05, 0) is 55.0 Å². The monoisotopic (exact) mass is 430 g/mol. The highest BCUT2D eigenvalue weighted by atomic mass is 16.5. The molecule has 0 fully saturated rings. The first-order valence-corrected chi connectivity index (χ1v) is 10.9. The van der Waals surface area contributed by atoms with Crippen molar-refractivity contribution in [3.05, 3.63) is 83.0 Å². The van der Waals surface area contributed by atoms with Crippen LogP contribution in [0.3, 0.4) is 0 Å². The Morgan fingerprint density at radius 2 is 1.97 bits per heavy atom. The zero-order valence-electron chi connectivity index (χ0n) is 18.7. The standard InChI is InChI=1S/C26H30N4O2/c1-19-11-13-29(3)26(19)28-25(27-2)21-9-6-10-24(15-21)32-18-23(31)17-30-14-12-20-7-4-5-8-22(20)16-30/h4-11,13,15,23,31H,2,12,14,16-18H2,1,3H3/b28-25-. The lowest BCUT2D eigenvalue weighted by atomic mass is 10.00. The smallest absolute Gasteiger partial charge is 0.161 e. The molecule has 3 aromatic rings. The minimum atomic E-state index is -0.569. The number of aliphatic hydroxyl groups is 1. The molecule has 0 aliphatic carbocycles. The third-order valence-electron chi connectivity index (χ3n) is 5.81. The molecule has 2 aromatic carbocycles. The first-order chi connectivity index (χ1) is 15.5. The summed E-state index contributed by atoms with van der Waals surface area (Å²) in [5.41, 5.74) is 4.65. The molecular formula is C26H30N4O2. The molecule has 0 radical (unpaired) electrons. The topological polar surface area (TPSA) is 62.4 Å². The van der Waals surface area contributed by atoms with Gasteiger partial charge in [-0.2, -0.15) is 0 Å². The van der Waals surface area contributed by atoms with E-state index in [0.29, 0.717) is 18.1 Å². The number of amidine groups is 1. The molecule has 1 aromatic heterocycles. The number of fused-ring (bicyclic) bond motifs is 1. The maximum atomic E-state index is 10.5. The third-order valence-corrected chi connectivity index (χ3v) is 5.81. The van der Waals surface area contributed by atoms with Gasteiger partial charge in [0.1, 0.15) is 24.3 Å². The van der Waals surface area contributed by atoms with E-state index in [1.807, 2.05) is 55.1 Å². The Morgan fingerprint density at radius 1 is 1.16 bits per heavy atom. The normalized spacial score (nSPS) is 15.3. The van der Waals surface area contributed by atoms with E-state index in [2.05, 4.69) is 45.9 Å². The summed E-state index contributed by atoms with van der Waals surface area (Å²) in [6.45, 7) is 8.33. The first kappa shape index (κ1) is 22.0. The van der Waals surface area contributed by atoms with Gasteiger partial charge in [-0.15, -0.1) is 0 Å². The number of ether oxygens (including phenoxy) is 1. The average molecular weight is 431 g/mol. The SMILES string of the molecule is C=N/C(=N\c1c(C)ccn1C)c1cccc(OCC(O)CN2CCc3ccccc3C2)c1. The first-order valence-electron chi connectivity index (χ1n) is 10.9. The molecule has 0 bridgehead atoms. The summed E-state index contributed by atoms with van der Waals surface area (Å²) in [5, 5.41) is 10.5. The Kier molecular flexibility index (Phi) is 6.83. The summed E-state index contributed by atoms with van der Waals surface area (Å²) in [5.74, 6) is 2.05. The van der Waals surface area contributed by atoms with Crippen molar-refractivity contribution in [3.63, 3.8) is 0 Å². The van der Waals surface area contributed by atoms with E-state index in [9.17, 15) is 5.11 Å². The van der Waals surface area contributed by atoms with Crippen LogP contribution in [0.5, 0.6) is 5.75 Å². The van der Waals surface area contributed by atoms with Crippen molar-refractivity contribution >= 4 is 18.4 Å². The second-order valence-electron chi connectivity index (χ2n) is 8.27. The van der Waals surface area contributed by atoms with E-state index in [1.54, 1.807) is 0 Å². The van der Waals surface area contributed by atoms with E-state index < -0.39 is 6.10 Å². The molecule has 6 heteroatoms. The van der Waals surface area contributed by atoms with E-state index in [1.165, 1.54) is 11.1 Å². The van der Waals surface area contributed by atoms with Gasteiger partial charge in [0, 0.05) is 38.4 Å². The number of aromatic nitrogens is 1. The summed E-state index contributed by atoms with van der Waals surface area (Å²) in [7, 11) is 1.95. The molecule has 1 aliphatic rings. The van der Waals surface area contributed by atoms with Gasteiger partial charge in [0.2, 0.25) is 0 Å². The van der Waals surface area contributed by atoms with Crippen LogP contribution < -0.4 is 4.74 Å². The number of β-amino-alcohol motifs (C(OH)–C–C–N with tert-alkyl or cyclic N) is 1. The highest BCUT2D eigenvalue weighted by Crippen LogP contribution is 2.22. The molecule has 4 rings (SSSR count). The molecule has 166 valence electrons. The van der Waals surface area contributed by atoms with Gasteiger partial charge < -0.3 is 14.4 Å². The maximum Gasteiger partial charge on any atom is 0.161 e. The number of aliphatic imine (C=N–C) groups is 2. The fourth-order valence-electron chi connectivity index (χ4n) is 4.08. The molecule has 1 N–H and O–H groups in total. The molecule has 6 nitrogen and oxygen atoms in total. The van der Waals surface area contributed by atoms with Crippen LogP contribution in [0.1, 0.15) is 22.3 Å². The fourth-order valence-corrected chi connectivity index (χ4v) is 4.08. The fraction of sp³-hybridized carbons (Fsp3) is 0.308. The van der Waals surface area contributed by atoms with E-state index in [4.69, 9.17) is 4.74 Å². The van der Waals surface area contributed by atoms with Crippen LogP contribution in [0.4, 0.5) is 5.82 Å². The summed E-state index contributed by atoms with van der Waals surface area (Å²) in [6.07, 6.45) is 2.42. The van der Waals surface area contributed by atoms with Gasteiger partial charge in [-0.25, -0.2) is 9.98 Å². The van der Waals surface area contributed by atoms with Crippen LogP contribution in [0.2, 0.25) is 0 Å². The van der Waals surface area contributed by atoms with Crippen LogP contribution in [0, 0.1) is 6.92 Å². The largest absolute Gasteiger partial charge is 0.491 e. The molecule has 1 aliphatic heterocycles. The molecule has 0 saturated heterocycles. The van der Waals surface area contributed by atoms with Gasteiger partial charge in [0.05, 0.1) is 0 Å². The number of hydrogen-bond acceptors (Lipinski definition) is 4. The number of nitrogens with zero attached hydrogens (tertiary/aromatic N) is 4. The number of hydrogen-bond donors (Lipinski definition) is 1. The maximum absolute atomic E-state index is 10.5. The van der Waals surface area contributed by atoms with E-state index in [-0.39, 0.29) is 6.61 Å². The van der Waals surface area contributed by atoms with Crippen LogP contribution >= 0.6 is 0 Å². The van der Waals surface area contributed by atoms with Crippen molar-refractivity contribution in [1.82, 2.24) is 9.47 Å². The molecule has 2 heterocycles. The molecule has 0 amide bonds. The van der Waals surface area contributed by atoms with Crippen LogP contribution in [0.15, 0.2) is 70.8 Å². The van der Waals surface area contributed by atoms with Crippen LogP contribution in [-0.2, 0) is 20.0 Å². The Bertz CT molecular complexity index is 1100. The molecule has 0 saturated carbocycles. The van der Waals surface area contributed by atoms with E-state index in [0.717, 1.165) is 36.5 Å². The minimum Gasteiger partial charge on any atom is -0.491 e. The van der Waals surface area contributed by atoms with Crippen LogP contribution in [0.25, 0.3) is 0 Å².